The summed E-state index contributed by atoms with van der Waals surface area (Å²) < 4.78 is 16.8. The zero-order valence-corrected chi connectivity index (χ0v) is 11.9. The van der Waals surface area contributed by atoms with Gasteiger partial charge >= 0.3 is 0 Å². The van der Waals surface area contributed by atoms with Gasteiger partial charge in [-0.05, 0) is 35.0 Å². The van der Waals surface area contributed by atoms with Gasteiger partial charge in [0.05, 0.1) is 0 Å². The largest absolute Gasteiger partial charge is 0.488 e. The first-order valence-electron chi connectivity index (χ1n) is 5.60. The van der Waals surface area contributed by atoms with Crippen LogP contribution in [0.2, 0.25) is 0 Å². The first-order chi connectivity index (χ1) is 8.72. The van der Waals surface area contributed by atoms with Crippen LogP contribution in [0.3, 0.4) is 0 Å². The van der Waals surface area contributed by atoms with E-state index in [9.17, 15) is 0 Å². The minimum Gasteiger partial charge on any atom is -0.488 e. The van der Waals surface area contributed by atoms with Gasteiger partial charge in [-0.1, -0.05) is 28.1 Å². The molecule has 0 bridgehead atoms. The third-order valence-corrected chi connectivity index (χ3v) is 3.18. The van der Waals surface area contributed by atoms with Gasteiger partial charge in [0, 0.05) is 18.7 Å². The minimum absolute atomic E-state index is 0.342. The molecule has 0 unspecified atom stereocenters. The van der Waals surface area contributed by atoms with Crippen molar-refractivity contribution in [1.82, 2.24) is 0 Å². The van der Waals surface area contributed by atoms with E-state index in [0.717, 1.165) is 15.6 Å². The van der Waals surface area contributed by atoms with Crippen molar-refractivity contribution in [3.05, 3.63) is 40.9 Å². The molecule has 0 saturated carbocycles. The highest BCUT2D eigenvalue weighted by Gasteiger charge is 2.06. The van der Waals surface area contributed by atoms with Crippen molar-refractivity contribution in [2.75, 3.05) is 20.8 Å². The summed E-state index contributed by atoms with van der Waals surface area (Å²) in [6.45, 7) is 0.370. The maximum absolute atomic E-state index is 5.63. The molecular weight excluding hydrogens is 296 g/mol. The van der Waals surface area contributed by atoms with Gasteiger partial charge in [-0.3, -0.25) is 0 Å². The second-order valence-electron chi connectivity index (χ2n) is 3.87. The maximum Gasteiger partial charge on any atom is 0.191 e. The van der Waals surface area contributed by atoms with Crippen LogP contribution in [0.1, 0.15) is 0 Å². The summed E-state index contributed by atoms with van der Waals surface area (Å²) in [5.74, 6) is 0.809. The lowest BCUT2D eigenvalue weighted by atomic mass is 10.1. The number of hydrogen-bond acceptors (Lipinski definition) is 3. The van der Waals surface area contributed by atoms with Gasteiger partial charge in [-0.25, -0.2) is 0 Å². The van der Waals surface area contributed by atoms with Crippen molar-refractivity contribution >= 4 is 26.7 Å². The molecule has 0 radical (unpaired) electrons. The number of rotatable bonds is 5. The van der Waals surface area contributed by atoms with E-state index in [0.29, 0.717) is 6.61 Å². The molecule has 0 fully saturated rings. The fourth-order valence-electron chi connectivity index (χ4n) is 1.68. The van der Waals surface area contributed by atoms with Crippen LogP contribution >= 0.6 is 15.9 Å². The number of methoxy groups -OCH3 is 2. The average Bonchev–Trinajstić information content (AvgIpc) is 2.40. The monoisotopic (exact) mass is 310 g/mol. The summed E-state index contributed by atoms with van der Waals surface area (Å²) in [6.07, 6.45) is -0.342. The molecule has 2 aromatic carbocycles. The molecule has 0 N–H and O–H groups in total. The van der Waals surface area contributed by atoms with Gasteiger partial charge in [0.2, 0.25) is 0 Å². The molecule has 0 aliphatic heterocycles. The van der Waals surface area contributed by atoms with Gasteiger partial charge in [-0.15, -0.1) is 0 Å². The summed E-state index contributed by atoms with van der Waals surface area (Å²) >= 11 is 3.46. The molecule has 0 heterocycles. The van der Waals surface area contributed by atoms with E-state index in [1.165, 1.54) is 5.39 Å². The second-order valence-corrected chi connectivity index (χ2v) is 4.78. The molecular formula is C14H15BrO3. The van der Waals surface area contributed by atoms with E-state index < -0.39 is 0 Å². The predicted molar refractivity (Wildman–Crippen MR) is 74.9 cm³/mol. The summed E-state index contributed by atoms with van der Waals surface area (Å²) in [5, 5.41) is 2.31. The van der Waals surface area contributed by atoms with E-state index in [2.05, 4.69) is 28.1 Å². The quantitative estimate of drug-likeness (QED) is 0.790. The van der Waals surface area contributed by atoms with Crippen molar-refractivity contribution < 1.29 is 14.2 Å². The maximum atomic E-state index is 5.63. The van der Waals surface area contributed by atoms with Crippen molar-refractivity contribution in [3.63, 3.8) is 0 Å². The van der Waals surface area contributed by atoms with Crippen molar-refractivity contribution in [2.24, 2.45) is 0 Å². The lowest BCUT2D eigenvalue weighted by Crippen LogP contribution is -2.21. The number of benzene rings is 2. The molecule has 0 saturated heterocycles. The molecule has 0 aliphatic rings. The van der Waals surface area contributed by atoms with Crippen LogP contribution in [0, 0.1) is 0 Å². The summed E-state index contributed by atoms with van der Waals surface area (Å²) in [4.78, 5) is 0. The molecule has 3 nitrogen and oxygen atoms in total. The lowest BCUT2D eigenvalue weighted by molar-refractivity contribution is -0.121. The molecule has 2 rings (SSSR count). The van der Waals surface area contributed by atoms with Crippen molar-refractivity contribution in [1.29, 1.82) is 0 Å². The second kappa shape index (κ2) is 6.18. The molecule has 18 heavy (non-hydrogen) atoms. The number of halogens is 1. The third-order valence-electron chi connectivity index (χ3n) is 2.69. The molecule has 0 spiro atoms. The molecule has 4 heteroatoms. The number of hydrogen-bond donors (Lipinski definition) is 0. The van der Waals surface area contributed by atoms with Gasteiger partial charge in [0.15, 0.2) is 6.29 Å². The Morgan fingerprint density at radius 2 is 1.67 bits per heavy atom. The highest BCUT2D eigenvalue weighted by atomic mass is 79.9. The Kier molecular flexibility index (Phi) is 4.58. The first kappa shape index (κ1) is 13.3. The third kappa shape index (κ3) is 3.22. The molecule has 0 aliphatic carbocycles. The Labute approximate surface area is 115 Å². The highest BCUT2D eigenvalue weighted by Crippen LogP contribution is 2.24. The molecule has 96 valence electrons. The van der Waals surface area contributed by atoms with Crippen molar-refractivity contribution in [2.45, 2.75) is 6.29 Å². The molecule has 2 aromatic rings. The Morgan fingerprint density at radius 1 is 1.00 bits per heavy atom. The van der Waals surface area contributed by atoms with Crippen LogP contribution in [0.5, 0.6) is 5.75 Å². The average molecular weight is 311 g/mol. The van der Waals surface area contributed by atoms with E-state index in [-0.39, 0.29) is 6.29 Å². The SMILES string of the molecule is COC(COc1ccc2cc(Br)ccc2c1)OC. The molecule has 0 aromatic heterocycles. The van der Waals surface area contributed by atoms with E-state index >= 15 is 0 Å². The smallest absolute Gasteiger partial charge is 0.191 e. The number of fused-ring (bicyclic) bond motifs is 1. The first-order valence-corrected chi connectivity index (χ1v) is 6.40. The van der Waals surface area contributed by atoms with Gasteiger partial charge < -0.3 is 14.2 Å². The Hall–Kier alpha value is -1.10. The van der Waals surface area contributed by atoms with E-state index in [1.54, 1.807) is 14.2 Å². The van der Waals surface area contributed by atoms with E-state index in [4.69, 9.17) is 14.2 Å². The Bertz CT molecular complexity index is 523. The van der Waals surface area contributed by atoms with E-state index in [1.807, 2.05) is 24.3 Å². The van der Waals surface area contributed by atoms with Gasteiger partial charge in [0.25, 0.3) is 0 Å². The lowest BCUT2D eigenvalue weighted by Gasteiger charge is -2.14. The molecule has 0 amide bonds. The predicted octanol–water partition coefficient (Wildman–Crippen LogP) is 3.60. The van der Waals surface area contributed by atoms with Crippen LogP contribution in [-0.2, 0) is 9.47 Å². The van der Waals surface area contributed by atoms with Crippen LogP contribution in [0.4, 0.5) is 0 Å². The summed E-state index contributed by atoms with van der Waals surface area (Å²) in [5.41, 5.74) is 0. The Morgan fingerprint density at radius 3 is 2.39 bits per heavy atom. The summed E-state index contributed by atoms with van der Waals surface area (Å²) in [6, 6.07) is 12.1. The van der Waals surface area contributed by atoms with Crippen LogP contribution < -0.4 is 4.74 Å². The zero-order chi connectivity index (χ0) is 13.0. The minimum atomic E-state index is -0.342. The molecule has 0 atom stereocenters. The fourth-order valence-corrected chi connectivity index (χ4v) is 2.06. The van der Waals surface area contributed by atoms with Crippen LogP contribution in [0.25, 0.3) is 10.8 Å². The fraction of sp³-hybridized carbons (Fsp3) is 0.286. The standard InChI is InChI=1S/C14H15BrO3/c1-16-14(17-2)9-18-13-6-4-10-7-12(15)5-3-11(10)8-13/h3-8,14H,9H2,1-2H3. The zero-order valence-electron chi connectivity index (χ0n) is 10.4. The Balaban J connectivity index is 2.12. The van der Waals surface area contributed by atoms with Gasteiger partial charge in [-0.2, -0.15) is 0 Å². The van der Waals surface area contributed by atoms with Crippen LogP contribution in [0.15, 0.2) is 40.9 Å². The number of ether oxygens (including phenoxy) is 3. The summed E-state index contributed by atoms with van der Waals surface area (Å²) in [7, 11) is 3.19. The topological polar surface area (TPSA) is 27.7 Å². The highest BCUT2D eigenvalue weighted by molar-refractivity contribution is 9.10. The normalized spacial score (nSPS) is 11.1. The van der Waals surface area contributed by atoms with Crippen molar-refractivity contribution in [3.8, 4) is 5.75 Å². The van der Waals surface area contributed by atoms with Gasteiger partial charge in [0.1, 0.15) is 12.4 Å². The van der Waals surface area contributed by atoms with Crippen LogP contribution in [-0.4, -0.2) is 27.1 Å².